The van der Waals surface area contributed by atoms with Gasteiger partial charge in [0.2, 0.25) is 0 Å². The minimum absolute atomic E-state index is 0.0241. The summed E-state index contributed by atoms with van der Waals surface area (Å²) >= 11 is 6.37. The number of halogens is 1. The number of hydrogen-bond donors (Lipinski definition) is 4. The van der Waals surface area contributed by atoms with E-state index in [1.54, 1.807) is 17.4 Å². The molecule has 2 radical (unpaired) electrons. The van der Waals surface area contributed by atoms with Crippen LogP contribution in [0.25, 0.3) is 21.9 Å². The fraction of sp³-hybridized carbons (Fsp3) is 0.0952. The molecule has 2 heterocycles. The van der Waals surface area contributed by atoms with Crippen molar-refractivity contribution >= 4 is 53.1 Å². The summed E-state index contributed by atoms with van der Waals surface area (Å²) in [6.45, 7) is 0. The number of carbonyl (C=O) groups excluding carboxylic acids is 2. The molecule has 12 heteroatoms. The van der Waals surface area contributed by atoms with E-state index in [4.69, 9.17) is 39.1 Å². The van der Waals surface area contributed by atoms with Gasteiger partial charge in [-0.3, -0.25) is 14.6 Å². The molecular formula is C21H15BClN3O7. The van der Waals surface area contributed by atoms with Crippen LogP contribution in [0.15, 0.2) is 47.2 Å². The van der Waals surface area contributed by atoms with E-state index in [-0.39, 0.29) is 38.6 Å². The highest BCUT2D eigenvalue weighted by Gasteiger charge is 2.23. The average molecular weight is 468 g/mol. The van der Waals surface area contributed by atoms with Gasteiger partial charge < -0.3 is 35.2 Å². The van der Waals surface area contributed by atoms with Crippen LogP contribution in [0.1, 0.15) is 20.7 Å². The van der Waals surface area contributed by atoms with Gasteiger partial charge in [-0.05, 0) is 18.2 Å². The third-order valence-corrected chi connectivity index (χ3v) is 4.97. The quantitative estimate of drug-likeness (QED) is 0.248. The maximum atomic E-state index is 12.2. The number of aromatic nitrogens is 1. The Morgan fingerprint density at radius 1 is 1.15 bits per heavy atom. The Kier molecular flexibility index (Phi) is 5.62. The lowest BCUT2D eigenvalue weighted by Crippen LogP contribution is -2.48. The van der Waals surface area contributed by atoms with E-state index in [1.165, 1.54) is 31.5 Å². The average Bonchev–Trinajstić information content (AvgIpc) is 3.14. The maximum absolute atomic E-state index is 12.2. The number of amides is 2. The van der Waals surface area contributed by atoms with E-state index < -0.39 is 17.6 Å². The number of furan rings is 1. The summed E-state index contributed by atoms with van der Waals surface area (Å²) in [7, 11) is 6.39. The molecule has 4 rings (SSSR count). The van der Waals surface area contributed by atoms with Crippen LogP contribution in [0.3, 0.4) is 0 Å². The lowest BCUT2D eigenvalue weighted by molar-refractivity contribution is -0.102. The topological polar surface area (TPSA) is 157 Å². The van der Waals surface area contributed by atoms with Crippen LogP contribution in [0.2, 0.25) is 5.02 Å². The molecule has 0 bridgehead atoms. The summed E-state index contributed by atoms with van der Waals surface area (Å²) in [4.78, 5) is 28.3. The molecule has 4 aromatic rings. The number of fused-ring (bicyclic) bond motifs is 2. The highest BCUT2D eigenvalue weighted by Crippen LogP contribution is 2.38. The van der Waals surface area contributed by atoms with Crippen molar-refractivity contribution in [1.82, 2.24) is 10.3 Å². The van der Waals surface area contributed by atoms with Crippen LogP contribution in [0.4, 0.5) is 0 Å². The number of nitrogens with two attached hydrogens (primary N) is 1. The monoisotopic (exact) mass is 467 g/mol. The van der Waals surface area contributed by atoms with Gasteiger partial charge in [0.25, 0.3) is 11.8 Å². The van der Waals surface area contributed by atoms with Crippen molar-refractivity contribution in [2.24, 2.45) is 5.73 Å². The van der Waals surface area contributed by atoms with Crippen molar-refractivity contribution in [1.29, 1.82) is 0 Å². The molecule has 0 saturated heterocycles. The first-order chi connectivity index (χ1) is 15.6. The van der Waals surface area contributed by atoms with E-state index >= 15 is 0 Å². The lowest BCUT2D eigenvalue weighted by atomic mass is 10.0. The van der Waals surface area contributed by atoms with Gasteiger partial charge in [-0.1, -0.05) is 11.6 Å². The molecule has 166 valence electrons. The van der Waals surface area contributed by atoms with Gasteiger partial charge in [-0.25, -0.2) is 0 Å². The lowest BCUT2D eigenvalue weighted by Gasteiger charge is -2.17. The number of rotatable bonds is 6. The molecule has 0 aliphatic rings. The number of nitrogens with one attached hydrogen (secondary N) is 1. The summed E-state index contributed by atoms with van der Waals surface area (Å²) in [6, 6.07) is 7.50. The summed E-state index contributed by atoms with van der Waals surface area (Å²) in [5.41, 5.74) is 6.29. The molecule has 0 aliphatic carbocycles. The minimum Gasteiger partial charge on any atom is -0.496 e. The highest BCUT2D eigenvalue weighted by molar-refractivity contribution is 6.33. The van der Waals surface area contributed by atoms with Crippen LogP contribution in [0.5, 0.6) is 17.2 Å². The second kappa shape index (κ2) is 8.28. The fourth-order valence-electron chi connectivity index (χ4n) is 3.23. The number of methoxy groups -OCH3 is 1. The van der Waals surface area contributed by atoms with Crippen LogP contribution < -0.4 is 20.5 Å². The SMILES string of the molecule is [B]C(O)(O)NC(=O)c1coc2cc(Oc3ccnc4cc(OC)c(C(N)=O)cc34)c(Cl)cc12. The molecule has 0 spiro atoms. The third kappa shape index (κ3) is 4.42. The zero-order chi connectivity index (χ0) is 23.9. The molecule has 5 N–H and O–H groups in total. The number of nitrogens with zero attached hydrogens (tertiary/aromatic N) is 1. The number of primary amides is 1. The fourth-order valence-corrected chi connectivity index (χ4v) is 3.44. The van der Waals surface area contributed by atoms with Gasteiger partial charge in [-0.2, -0.15) is 0 Å². The van der Waals surface area contributed by atoms with Crippen molar-refractivity contribution in [3.8, 4) is 17.2 Å². The van der Waals surface area contributed by atoms with E-state index in [0.717, 1.165) is 6.26 Å². The Morgan fingerprint density at radius 3 is 2.58 bits per heavy atom. The first-order valence-electron chi connectivity index (χ1n) is 9.28. The summed E-state index contributed by atoms with van der Waals surface area (Å²) in [5.74, 6) is -3.69. The molecule has 0 atom stereocenters. The number of ether oxygens (including phenoxy) is 2. The summed E-state index contributed by atoms with van der Waals surface area (Å²) in [5, 5.41) is 21.0. The molecule has 2 amide bonds. The second-order valence-electron chi connectivity index (χ2n) is 6.95. The molecule has 2 aromatic carbocycles. The Balaban J connectivity index is 1.75. The molecule has 0 unspecified atom stereocenters. The molecule has 0 fully saturated rings. The second-order valence-corrected chi connectivity index (χ2v) is 7.36. The Bertz CT molecular complexity index is 1410. The van der Waals surface area contributed by atoms with Gasteiger partial charge in [-0.15, -0.1) is 0 Å². The molecule has 0 aliphatic heterocycles. The van der Waals surface area contributed by atoms with E-state index in [1.807, 2.05) is 0 Å². The maximum Gasteiger partial charge on any atom is 0.258 e. The summed E-state index contributed by atoms with van der Waals surface area (Å²) < 4.78 is 16.6. The first kappa shape index (κ1) is 22.4. The van der Waals surface area contributed by atoms with Crippen LogP contribution >= 0.6 is 11.6 Å². The zero-order valence-corrected chi connectivity index (χ0v) is 17.7. The highest BCUT2D eigenvalue weighted by atomic mass is 35.5. The minimum atomic E-state index is -2.90. The molecule has 0 saturated carbocycles. The van der Waals surface area contributed by atoms with Crippen LogP contribution in [0, 0.1) is 0 Å². The number of carbonyl (C=O) groups is 2. The standard InChI is InChI=1S/C21H15BClN3O7/c1-31-16-6-14-10(4-11(16)19(24)27)15(2-3-25-14)33-18-7-17-9(5-13(18)23)12(8-32-17)20(28)26-21(22,29)30/h2-8,29-30H,1H3,(H2,24,27)(H,26,28). The normalized spacial score (nSPS) is 11.5. The van der Waals surface area contributed by atoms with Gasteiger partial charge in [0, 0.05) is 29.1 Å². The van der Waals surface area contributed by atoms with Crippen molar-refractivity contribution in [3.63, 3.8) is 0 Å². The van der Waals surface area contributed by atoms with Crippen LogP contribution in [-0.2, 0) is 0 Å². The molecule has 10 nitrogen and oxygen atoms in total. The van der Waals surface area contributed by atoms with Crippen LogP contribution in [-0.4, -0.2) is 47.8 Å². The molecular weight excluding hydrogens is 453 g/mol. The van der Waals surface area contributed by atoms with Crippen molar-refractivity contribution in [2.45, 2.75) is 5.81 Å². The number of benzene rings is 2. The Labute approximate surface area is 192 Å². The van der Waals surface area contributed by atoms with E-state index in [9.17, 15) is 19.8 Å². The van der Waals surface area contributed by atoms with Gasteiger partial charge in [0.1, 0.15) is 29.1 Å². The van der Waals surface area contributed by atoms with Crippen molar-refractivity contribution in [3.05, 3.63) is 58.9 Å². The predicted molar refractivity (Wildman–Crippen MR) is 118 cm³/mol. The zero-order valence-electron chi connectivity index (χ0n) is 17.0. The smallest absolute Gasteiger partial charge is 0.258 e. The Morgan fingerprint density at radius 2 is 1.91 bits per heavy atom. The third-order valence-electron chi connectivity index (χ3n) is 4.68. The summed E-state index contributed by atoms with van der Waals surface area (Å²) in [6.07, 6.45) is 2.62. The van der Waals surface area contributed by atoms with E-state index in [2.05, 4.69) is 4.98 Å². The number of hydrogen-bond acceptors (Lipinski definition) is 8. The van der Waals surface area contributed by atoms with Gasteiger partial charge >= 0.3 is 0 Å². The largest absolute Gasteiger partial charge is 0.496 e. The molecule has 2 aromatic heterocycles. The van der Waals surface area contributed by atoms with E-state index in [0.29, 0.717) is 16.7 Å². The van der Waals surface area contributed by atoms with Crippen molar-refractivity contribution in [2.75, 3.05) is 7.11 Å². The number of aliphatic hydroxyl groups is 2. The van der Waals surface area contributed by atoms with Crippen molar-refractivity contribution < 1.29 is 33.7 Å². The molecule has 33 heavy (non-hydrogen) atoms. The Hall–Kier alpha value is -3.80. The van der Waals surface area contributed by atoms with Gasteiger partial charge in [0.15, 0.2) is 13.7 Å². The number of pyridine rings is 1. The first-order valence-corrected chi connectivity index (χ1v) is 9.66. The van der Waals surface area contributed by atoms with Gasteiger partial charge in [0.05, 0.1) is 28.8 Å². The predicted octanol–water partition coefficient (Wildman–Crippen LogP) is 2.03.